The van der Waals surface area contributed by atoms with Crippen LogP contribution in [0.2, 0.25) is 10.0 Å². The van der Waals surface area contributed by atoms with Gasteiger partial charge in [0.2, 0.25) is 0 Å². The molecule has 2 aromatic carbocycles. The summed E-state index contributed by atoms with van der Waals surface area (Å²) in [5.41, 5.74) is 0.844. The maximum atomic E-state index is 12.2. The zero-order valence-electron chi connectivity index (χ0n) is 11.6. The minimum Gasteiger partial charge on any atom is -0.505 e. The van der Waals surface area contributed by atoms with Gasteiger partial charge in [0.1, 0.15) is 11.3 Å². The maximum Gasteiger partial charge on any atom is 0.342 e. The fourth-order valence-electron chi connectivity index (χ4n) is 2.05. The lowest BCUT2D eigenvalue weighted by Gasteiger charge is -2.14. The Morgan fingerprint density at radius 2 is 1.95 bits per heavy atom. The molecule has 0 aliphatic rings. The van der Waals surface area contributed by atoms with Crippen LogP contribution in [0.25, 0.3) is 11.1 Å². The molecule has 2 aromatic rings. The highest BCUT2D eigenvalue weighted by Crippen LogP contribution is 2.39. The Kier molecular flexibility index (Phi) is 4.92. The molecule has 0 unspecified atom stereocenters. The van der Waals surface area contributed by atoms with E-state index < -0.39 is 11.7 Å². The van der Waals surface area contributed by atoms with Crippen LogP contribution >= 0.6 is 23.2 Å². The number of phenolic OH excluding ortho intramolecular Hbond substituents is 1. The molecule has 0 aliphatic carbocycles. The van der Waals surface area contributed by atoms with Gasteiger partial charge in [-0.25, -0.2) is 4.79 Å². The summed E-state index contributed by atoms with van der Waals surface area (Å²) in [6.07, 6.45) is 0. The first-order chi connectivity index (χ1) is 10.5. The zero-order chi connectivity index (χ0) is 16.3. The van der Waals surface area contributed by atoms with E-state index in [2.05, 4.69) is 0 Å². The monoisotopic (exact) mass is 335 g/mol. The standard InChI is InChI=1S/C16H11Cl2NO3/c1-2-22-16(21)14-13(9-3-5-11(17)6-4-9)10(8-19)7-12(18)15(14)20/h3-7,20H,2H2,1H3. The lowest BCUT2D eigenvalue weighted by molar-refractivity contribution is 0.0524. The summed E-state index contributed by atoms with van der Waals surface area (Å²) in [4.78, 5) is 12.2. The van der Waals surface area contributed by atoms with Gasteiger partial charge in [-0.2, -0.15) is 5.26 Å². The fourth-order valence-corrected chi connectivity index (χ4v) is 2.38. The molecule has 0 saturated heterocycles. The van der Waals surface area contributed by atoms with Crippen LogP contribution in [-0.2, 0) is 4.74 Å². The van der Waals surface area contributed by atoms with Crippen molar-refractivity contribution in [3.63, 3.8) is 0 Å². The van der Waals surface area contributed by atoms with E-state index in [4.69, 9.17) is 27.9 Å². The summed E-state index contributed by atoms with van der Waals surface area (Å²) < 4.78 is 4.96. The first kappa shape index (κ1) is 16.2. The van der Waals surface area contributed by atoms with E-state index in [-0.39, 0.29) is 28.3 Å². The minimum absolute atomic E-state index is 0.0858. The van der Waals surface area contributed by atoms with E-state index in [1.54, 1.807) is 31.2 Å². The molecule has 0 heterocycles. The Labute approximate surface area is 137 Å². The van der Waals surface area contributed by atoms with Crippen molar-refractivity contribution >= 4 is 29.2 Å². The molecule has 6 heteroatoms. The van der Waals surface area contributed by atoms with Gasteiger partial charge in [0, 0.05) is 10.6 Å². The molecular weight excluding hydrogens is 325 g/mol. The number of carbonyl (C=O) groups excluding carboxylic acids is 1. The van der Waals surface area contributed by atoms with Crippen LogP contribution in [0.15, 0.2) is 30.3 Å². The van der Waals surface area contributed by atoms with Crippen molar-refractivity contribution in [2.75, 3.05) is 6.61 Å². The number of carbonyl (C=O) groups is 1. The van der Waals surface area contributed by atoms with Crippen LogP contribution in [0, 0.1) is 11.3 Å². The molecule has 0 radical (unpaired) electrons. The van der Waals surface area contributed by atoms with Gasteiger partial charge >= 0.3 is 5.97 Å². The average Bonchev–Trinajstić information content (AvgIpc) is 2.50. The van der Waals surface area contributed by atoms with Gasteiger partial charge in [-0.3, -0.25) is 0 Å². The molecule has 0 spiro atoms. The number of nitrogens with zero attached hydrogens (tertiary/aromatic N) is 1. The van der Waals surface area contributed by atoms with Gasteiger partial charge in [0.15, 0.2) is 0 Å². The van der Waals surface area contributed by atoms with Crippen molar-refractivity contribution in [2.24, 2.45) is 0 Å². The van der Waals surface area contributed by atoms with E-state index in [1.165, 1.54) is 6.07 Å². The van der Waals surface area contributed by atoms with Gasteiger partial charge in [0.25, 0.3) is 0 Å². The third kappa shape index (κ3) is 3.01. The van der Waals surface area contributed by atoms with Gasteiger partial charge < -0.3 is 9.84 Å². The van der Waals surface area contributed by atoms with Crippen molar-refractivity contribution in [1.29, 1.82) is 5.26 Å². The van der Waals surface area contributed by atoms with Crippen LogP contribution < -0.4 is 0 Å². The third-order valence-corrected chi connectivity index (χ3v) is 3.53. The molecule has 112 valence electrons. The second kappa shape index (κ2) is 6.69. The van der Waals surface area contributed by atoms with E-state index in [0.717, 1.165) is 0 Å². The van der Waals surface area contributed by atoms with E-state index >= 15 is 0 Å². The molecule has 0 saturated carbocycles. The number of halogens is 2. The van der Waals surface area contributed by atoms with Gasteiger partial charge in [-0.15, -0.1) is 0 Å². The van der Waals surface area contributed by atoms with Crippen LogP contribution in [0.3, 0.4) is 0 Å². The normalized spacial score (nSPS) is 10.1. The van der Waals surface area contributed by atoms with Crippen LogP contribution in [-0.4, -0.2) is 17.7 Å². The molecule has 0 aromatic heterocycles. The summed E-state index contributed by atoms with van der Waals surface area (Å²) in [7, 11) is 0. The summed E-state index contributed by atoms with van der Waals surface area (Å²) in [6.45, 7) is 1.78. The second-order valence-electron chi connectivity index (χ2n) is 4.34. The number of hydrogen-bond donors (Lipinski definition) is 1. The molecule has 0 aliphatic heterocycles. The van der Waals surface area contributed by atoms with Crippen molar-refractivity contribution < 1.29 is 14.6 Å². The molecule has 0 amide bonds. The van der Waals surface area contributed by atoms with Crippen LogP contribution in [0.4, 0.5) is 0 Å². The number of benzene rings is 2. The predicted molar refractivity (Wildman–Crippen MR) is 84.2 cm³/mol. The Morgan fingerprint density at radius 3 is 2.50 bits per heavy atom. The molecule has 0 bridgehead atoms. The first-order valence-corrected chi connectivity index (χ1v) is 7.13. The van der Waals surface area contributed by atoms with Crippen molar-refractivity contribution in [2.45, 2.75) is 6.92 Å². The highest BCUT2D eigenvalue weighted by Gasteiger charge is 2.24. The highest BCUT2D eigenvalue weighted by atomic mass is 35.5. The average molecular weight is 336 g/mol. The fraction of sp³-hybridized carbons (Fsp3) is 0.125. The lowest BCUT2D eigenvalue weighted by Crippen LogP contribution is -2.08. The second-order valence-corrected chi connectivity index (χ2v) is 5.19. The number of phenols is 1. The van der Waals surface area contributed by atoms with Crippen LogP contribution in [0.5, 0.6) is 5.75 Å². The highest BCUT2D eigenvalue weighted by molar-refractivity contribution is 6.33. The minimum atomic E-state index is -0.746. The topological polar surface area (TPSA) is 70.3 Å². The molecule has 22 heavy (non-hydrogen) atoms. The number of esters is 1. The Balaban J connectivity index is 2.79. The Hall–Kier alpha value is -2.22. The molecule has 0 atom stereocenters. The van der Waals surface area contributed by atoms with Crippen molar-refractivity contribution in [1.82, 2.24) is 0 Å². The zero-order valence-corrected chi connectivity index (χ0v) is 13.1. The van der Waals surface area contributed by atoms with E-state index in [1.807, 2.05) is 6.07 Å². The number of hydrogen-bond acceptors (Lipinski definition) is 4. The summed E-state index contributed by atoms with van der Waals surface area (Å²) in [6, 6.07) is 9.83. The third-order valence-electron chi connectivity index (χ3n) is 2.99. The van der Waals surface area contributed by atoms with E-state index in [0.29, 0.717) is 10.6 Å². The molecule has 1 N–H and O–H groups in total. The largest absolute Gasteiger partial charge is 0.505 e. The van der Waals surface area contributed by atoms with Crippen molar-refractivity contribution in [3.8, 4) is 22.9 Å². The molecular formula is C16H11Cl2NO3. The van der Waals surface area contributed by atoms with E-state index in [9.17, 15) is 15.2 Å². The lowest BCUT2D eigenvalue weighted by atomic mass is 9.94. The number of ether oxygens (including phenoxy) is 1. The van der Waals surface area contributed by atoms with Gasteiger partial charge in [-0.1, -0.05) is 35.3 Å². The maximum absolute atomic E-state index is 12.2. The molecule has 2 rings (SSSR count). The Bertz CT molecular complexity index is 764. The van der Waals surface area contributed by atoms with Gasteiger partial charge in [-0.05, 0) is 30.7 Å². The smallest absolute Gasteiger partial charge is 0.342 e. The predicted octanol–water partition coefficient (Wildman–Crippen LogP) is 4.41. The quantitative estimate of drug-likeness (QED) is 0.843. The summed E-state index contributed by atoms with van der Waals surface area (Å²) in [5.74, 6) is -1.16. The number of rotatable bonds is 3. The SMILES string of the molecule is CCOC(=O)c1c(O)c(Cl)cc(C#N)c1-c1ccc(Cl)cc1. The van der Waals surface area contributed by atoms with Crippen molar-refractivity contribution in [3.05, 3.63) is 51.5 Å². The number of aromatic hydroxyl groups is 1. The van der Waals surface area contributed by atoms with Crippen LogP contribution in [0.1, 0.15) is 22.8 Å². The summed E-state index contributed by atoms with van der Waals surface area (Å²) >= 11 is 11.8. The molecule has 0 fully saturated rings. The Morgan fingerprint density at radius 1 is 1.32 bits per heavy atom. The molecule has 4 nitrogen and oxygen atoms in total. The van der Waals surface area contributed by atoms with Gasteiger partial charge in [0.05, 0.1) is 23.3 Å². The summed E-state index contributed by atoms with van der Waals surface area (Å²) in [5, 5.41) is 19.9. The first-order valence-electron chi connectivity index (χ1n) is 6.38. The number of nitriles is 1.